The molecule has 1 aliphatic carbocycles. The van der Waals surface area contributed by atoms with E-state index in [-0.39, 0.29) is 0 Å². The minimum absolute atomic E-state index is 0.293. The van der Waals surface area contributed by atoms with Crippen molar-refractivity contribution >= 4 is 22.9 Å². The van der Waals surface area contributed by atoms with E-state index >= 15 is 0 Å². The molecule has 124 valence electrons. The summed E-state index contributed by atoms with van der Waals surface area (Å²) in [5, 5.41) is 0. The molecule has 1 aromatic heterocycles. The molecule has 1 saturated carbocycles. The minimum atomic E-state index is 0.293. The lowest BCUT2D eigenvalue weighted by molar-refractivity contribution is 0.201. The Morgan fingerprint density at radius 1 is 1.17 bits per heavy atom. The third kappa shape index (κ3) is 2.73. The van der Waals surface area contributed by atoms with Crippen LogP contribution in [0.2, 0.25) is 0 Å². The second-order valence-electron chi connectivity index (χ2n) is 6.28. The Labute approximate surface area is 147 Å². The molecule has 0 amide bonds. The van der Waals surface area contributed by atoms with E-state index in [1.54, 1.807) is 7.11 Å². The molecule has 1 aromatic carbocycles. The van der Waals surface area contributed by atoms with E-state index in [1.807, 2.05) is 36.7 Å². The van der Waals surface area contributed by atoms with Gasteiger partial charge in [-0.2, -0.15) is 0 Å². The van der Waals surface area contributed by atoms with Gasteiger partial charge < -0.3 is 14.4 Å². The molecule has 24 heavy (non-hydrogen) atoms. The summed E-state index contributed by atoms with van der Waals surface area (Å²) in [4.78, 5) is 7.13. The number of thiocarbonyl (C=S) groups is 1. The van der Waals surface area contributed by atoms with Gasteiger partial charge in [0.2, 0.25) is 0 Å². The van der Waals surface area contributed by atoms with E-state index in [9.17, 15) is 0 Å². The minimum Gasteiger partial charge on any atom is -0.493 e. The second-order valence-corrected chi connectivity index (χ2v) is 6.67. The number of rotatable bonds is 4. The molecular weight excluding hydrogens is 320 g/mol. The standard InChI is InChI=1S/C19H20N2O2S/c1-22-17-7-6-14(10-18(17)23-15-4-2-3-5-15)21-12-13-8-9-20-11-16(13)19(21)24/h6-11,15H,2-5,12H2,1H3. The Bertz CT molecular complexity index is 772. The summed E-state index contributed by atoms with van der Waals surface area (Å²) in [5.41, 5.74) is 3.29. The first-order valence-corrected chi connectivity index (χ1v) is 8.76. The van der Waals surface area contributed by atoms with Gasteiger partial charge >= 0.3 is 0 Å². The first kappa shape index (κ1) is 15.4. The number of anilines is 1. The molecule has 0 bridgehead atoms. The van der Waals surface area contributed by atoms with Crippen LogP contribution < -0.4 is 14.4 Å². The van der Waals surface area contributed by atoms with Crippen molar-refractivity contribution in [3.8, 4) is 11.5 Å². The lowest BCUT2D eigenvalue weighted by Gasteiger charge is -2.21. The van der Waals surface area contributed by atoms with E-state index in [2.05, 4.69) is 9.88 Å². The number of pyridine rings is 1. The molecule has 2 heterocycles. The average molecular weight is 340 g/mol. The maximum absolute atomic E-state index is 6.20. The fourth-order valence-electron chi connectivity index (χ4n) is 3.46. The van der Waals surface area contributed by atoms with Gasteiger partial charge in [-0.3, -0.25) is 4.98 Å². The molecular formula is C19H20N2O2S. The lowest BCUT2D eigenvalue weighted by atomic mass is 10.2. The van der Waals surface area contributed by atoms with Gasteiger partial charge in [0.25, 0.3) is 0 Å². The Balaban J connectivity index is 1.63. The lowest BCUT2D eigenvalue weighted by Crippen LogP contribution is -2.22. The van der Waals surface area contributed by atoms with E-state index in [0.717, 1.165) is 47.1 Å². The Morgan fingerprint density at radius 2 is 2.00 bits per heavy atom. The van der Waals surface area contributed by atoms with Gasteiger partial charge in [0.15, 0.2) is 11.5 Å². The molecule has 1 aliphatic heterocycles. The Morgan fingerprint density at radius 3 is 2.75 bits per heavy atom. The summed E-state index contributed by atoms with van der Waals surface area (Å²) >= 11 is 5.64. The van der Waals surface area contributed by atoms with Crippen LogP contribution in [0.1, 0.15) is 36.8 Å². The molecule has 0 N–H and O–H groups in total. The normalized spacial score (nSPS) is 17.2. The molecule has 0 saturated heterocycles. The van der Waals surface area contributed by atoms with Crippen molar-refractivity contribution in [3.63, 3.8) is 0 Å². The Hall–Kier alpha value is -2.14. The molecule has 0 unspecified atom stereocenters. The van der Waals surface area contributed by atoms with Crippen molar-refractivity contribution in [1.29, 1.82) is 0 Å². The van der Waals surface area contributed by atoms with Crippen molar-refractivity contribution in [2.45, 2.75) is 38.3 Å². The van der Waals surface area contributed by atoms with Crippen molar-refractivity contribution in [2.75, 3.05) is 12.0 Å². The molecule has 4 rings (SSSR count). The monoisotopic (exact) mass is 340 g/mol. The van der Waals surface area contributed by atoms with Crippen LogP contribution in [0.4, 0.5) is 5.69 Å². The fraction of sp³-hybridized carbons (Fsp3) is 0.368. The second kappa shape index (κ2) is 6.40. The number of methoxy groups -OCH3 is 1. The van der Waals surface area contributed by atoms with Crippen LogP contribution in [-0.2, 0) is 6.54 Å². The van der Waals surface area contributed by atoms with E-state index < -0.39 is 0 Å². The number of fused-ring (bicyclic) bond motifs is 1. The first-order chi connectivity index (χ1) is 11.8. The van der Waals surface area contributed by atoms with Crippen LogP contribution in [0.5, 0.6) is 11.5 Å². The highest BCUT2D eigenvalue weighted by atomic mass is 32.1. The molecule has 5 heteroatoms. The average Bonchev–Trinajstić information content (AvgIpc) is 3.23. The zero-order valence-electron chi connectivity index (χ0n) is 13.7. The summed E-state index contributed by atoms with van der Waals surface area (Å²) < 4.78 is 11.7. The molecule has 2 aliphatic rings. The summed E-state index contributed by atoms with van der Waals surface area (Å²) in [6, 6.07) is 8.07. The van der Waals surface area contributed by atoms with Gasteiger partial charge in [-0.25, -0.2) is 0 Å². The predicted octanol–water partition coefficient (Wildman–Crippen LogP) is 4.11. The number of benzene rings is 1. The SMILES string of the molecule is COc1ccc(N2Cc3ccncc3C2=S)cc1OC1CCCC1. The van der Waals surface area contributed by atoms with Crippen LogP contribution in [0, 0.1) is 0 Å². The maximum atomic E-state index is 6.20. The van der Waals surface area contributed by atoms with Crippen LogP contribution >= 0.6 is 12.2 Å². The van der Waals surface area contributed by atoms with Gasteiger partial charge in [-0.1, -0.05) is 12.2 Å². The molecule has 0 atom stereocenters. The number of nitrogens with zero attached hydrogens (tertiary/aromatic N) is 2. The summed E-state index contributed by atoms with van der Waals surface area (Å²) in [5.74, 6) is 1.58. The van der Waals surface area contributed by atoms with Gasteiger partial charge in [0.05, 0.1) is 13.2 Å². The molecule has 2 aromatic rings. The van der Waals surface area contributed by atoms with Crippen LogP contribution in [-0.4, -0.2) is 23.2 Å². The van der Waals surface area contributed by atoms with Gasteiger partial charge in [-0.15, -0.1) is 0 Å². The van der Waals surface area contributed by atoms with Crippen LogP contribution in [0.15, 0.2) is 36.7 Å². The predicted molar refractivity (Wildman–Crippen MR) is 98.0 cm³/mol. The highest BCUT2D eigenvalue weighted by Gasteiger charge is 2.26. The van der Waals surface area contributed by atoms with Crippen molar-refractivity contribution in [1.82, 2.24) is 4.98 Å². The zero-order valence-corrected chi connectivity index (χ0v) is 14.5. The van der Waals surface area contributed by atoms with Gasteiger partial charge in [0.1, 0.15) is 4.99 Å². The number of hydrogen-bond donors (Lipinski definition) is 0. The van der Waals surface area contributed by atoms with Gasteiger partial charge in [0, 0.05) is 36.3 Å². The third-order valence-corrected chi connectivity index (χ3v) is 5.21. The smallest absolute Gasteiger partial charge is 0.163 e. The highest BCUT2D eigenvalue weighted by Crippen LogP contribution is 2.37. The molecule has 4 nitrogen and oxygen atoms in total. The third-order valence-electron chi connectivity index (χ3n) is 4.77. The highest BCUT2D eigenvalue weighted by molar-refractivity contribution is 7.81. The summed E-state index contributed by atoms with van der Waals surface area (Å²) in [7, 11) is 1.68. The summed E-state index contributed by atoms with van der Waals surface area (Å²) in [6.45, 7) is 0.770. The van der Waals surface area contributed by atoms with Crippen molar-refractivity contribution in [3.05, 3.63) is 47.8 Å². The number of aromatic nitrogens is 1. The number of hydrogen-bond acceptors (Lipinski definition) is 4. The first-order valence-electron chi connectivity index (χ1n) is 8.35. The largest absolute Gasteiger partial charge is 0.493 e. The van der Waals surface area contributed by atoms with Crippen LogP contribution in [0.3, 0.4) is 0 Å². The molecule has 0 radical (unpaired) electrons. The fourth-order valence-corrected chi connectivity index (χ4v) is 3.81. The van der Waals surface area contributed by atoms with Crippen molar-refractivity contribution in [2.24, 2.45) is 0 Å². The topological polar surface area (TPSA) is 34.6 Å². The maximum Gasteiger partial charge on any atom is 0.163 e. The van der Waals surface area contributed by atoms with Crippen LogP contribution in [0.25, 0.3) is 0 Å². The van der Waals surface area contributed by atoms with Crippen molar-refractivity contribution < 1.29 is 9.47 Å². The van der Waals surface area contributed by atoms with Gasteiger partial charge in [-0.05, 0) is 49.4 Å². The zero-order chi connectivity index (χ0) is 16.5. The van der Waals surface area contributed by atoms with E-state index in [0.29, 0.717) is 6.10 Å². The molecule has 0 spiro atoms. The Kier molecular flexibility index (Phi) is 4.10. The number of ether oxygens (including phenoxy) is 2. The summed E-state index contributed by atoms with van der Waals surface area (Å²) in [6.07, 6.45) is 8.67. The van der Waals surface area contributed by atoms with E-state index in [4.69, 9.17) is 21.7 Å². The quantitative estimate of drug-likeness (QED) is 0.783. The van der Waals surface area contributed by atoms with E-state index in [1.165, 1.54) is 18.4 Å². The molecule has 1 fully saturated rings.